The number of nitro groups is 1. The number of aliphatic imine (C=N–C) groups is 1. The van der Waals surface area contributed by atoms with Gasteiger partial charge in [-0.3, -0.25) is 10.1 Å². The van der Waals surface area contributed by atoms with E-state index >= 15 is 0 Å². The Balaban J connectivity index is 0.000000444. The second kappa shape index (κ2) is 7.14. The minimum atomic E-state index is -2.87. The normalized spacial score (nSPS) is 14.5. The number of nitrogens with two attached hydrogens (primary N) is 1. The standard InChI is InChI=1S/C9H7N5O2.HO3P/c10-9-11-8(12-13-9)5-6-1-3-7(4-2-6)14(15)16;1-4(2)3/h1-5H,(H2,10,11);(H-,1,2,3)/p+1. The molecule has 1 aliphatic rings. The zero-order valence-electron chi connectivity index (χ0n) is 9.82. The monoisotopic (exact) mass is 298 g/mol. The molecule has 0 saturated carbocycles. The van der Waals surface area contributed by atoms with Crippen molar-refractivity contribution in [2.75, 3.05) is 0 Å². The Morgan fingerprint density at radius 3 is 2.20 bits per heavy atom. The van der Waals surface area contributed by atoms with E-state index in [1.807, 2.05) is 0 Å². The van der Waals surface area contributed by atoms with Crippen molar-refractivity contribution in [1.82, 2.24) is 0 Å². The molecule has 11 heteroatoms. The van der Waals surface area contributed by atoms with Gasteiger partial charge < -0.3 is 5.73 Å². The van der Waals surface area contributed by atoms with Gasteiger partial charge in [-0.05, 0) is 23.8 Å². The van der Waals surface area contributed by atoms with Gasteiger partial charge in [0.05, 0.1) is 4.92 Å². The summed E-state index contributed by atoms with van der Waals surface area (Å²) in [5, 5.41) is 17.6. The Morgan fingerprint density at radius 1 is 1.25 bits per heavy atom. The Hall–Kier alpha value is -2.55. The number of hydrogen-bond donors (Lipinski definition) is 3. The lowest BCUT2D eigenvalue weighted by Crippen LogP contribution is -2.03. The molecular weight excluding hydrogens is 289 g/mol. The fourth-order valence-corrected chi connectivity index (χ4v) is 1.17. The number of guanidine groups is 1. The van der Waals surface area contributed by atoms with Gasteiger partial charge in [-0.25, -0.2) is 0 Å². The predicted octanol–water partition coefficient (Wildman–Crippen LogP) is 1.30. The summed E-state index contributed by atoms with van der Waals surface area (Å²) in [5.41, 5.74) is 6.09. The first-order valence-corrected chi connectivity index (χ1v) is 6.12. The summed E-state index contributed by atoms with van der Waals surface area (Å²) in [6.07, 6.45) is 1.63. The zero-order valence-corrected chi connectivity index (χ0v) is 10.7. The highest BCUT2D eigenvalue weighted by atomic mass is 31.1. The average Bonchev–Trinajstić information content (AvgIpc) is 2.75. The van der Waals surface area contributed by atoms with Crippen LogP contribution in [0.5, 0.6) is 0 Å². The molecule has 0 amide bonds. The van der Waals surface area contributed by atoms with Gasteiger partial charge in [-0.1, -0.05) is 0 Å². The van der Waals surface area contributed by atoms with Crippen molar-refractivity contribution >= 4 is 26.0 Å². The zero-order chi connectivity index (χ0) is 15.1. The van der Waals surface area contributed by atoms with Crippen LogP contribution in [0.15, 0.2) is 45.3 Å². The second-order valence-electron chi connectivity index (χ2n) is 3.27. The number of rotatable bonds is 2. The van der Waals surface area contributed by atoms with Gasteiger partial charge in [-0.15, -0.1) is 20.0 Å². The molecule has 0 fully saturated rings. The third-order valence-corrected chi connectivity index (χ3v) is 1.88. The molecule has 20 heavy (non-hydrogen) atoms. The first-order valence-electron chi connectivity index (χ1n) is 4.95. The van der Waals surface area contributed by atoms with E-state index in [1.54, 1.807) is 18.2 Å². The maximum Gasteiger partial charge on any atom is 0.692 e. The van der Waals surface area contributed by atoms with Crippen molar-refractivity contribution < 1.29 is 19.3 Å². The highest BCUT2D eigenvalue weighted by Gasteiger charge is 2.05. The molecule has 0 aromatic heterocycles. The van der Waals surface area contributed by atoms with Crippen LogP contribution >= 0.6 is 8.25 Å². The SMILES string of the molecule is NC1=NC(=Cc2ccc([N+](=O)[O-])cc2)N=N1.O=[P+](O)O. The van der Waals surface area contributed by atoms with E-state index in [4.69, 9.17) is 20.1 Å². The maximum atomic E-state index is 10.4. The molecule has 4 N–H and O–H groups in total. The second-order valence-corrected chi connectivity index (χ2v) is 3.78. The molecule has 1 aliphatic heterocycles. The Morgan fingerprint density at radius 2 is 1.80 bits per heavy atom. The molecule has 10 nitrogen and oxygen atoms in total. The number of benzene rings is 1. The van der Waals surface area contributed by atoms with Gasteiger partial charge in [0.2, 0.25) is 5.96 Å². The molecule has 0 spiro atoms. The molecule has 104 valence electrons. The number of hydrogen-bond acceptors (Lipinski definition) is 7. The fourth-order valence-electron chi connectivity index (χ4n) is 1.17. The minimum Gasteiger partial charge on any atom is -0.366 e. The molecular formula is C9H9N5O5P+. The third kappa shape index (κ3) is 5.40. The molecule has 2 rings (SSSR count). The summed E-state index contributed by atoms with van der Waals surface area (Å²) < 4.78 is 8.70. The van der Waals surface area contributed by atoms with E-state index in [9.17, 15) is 10.1 Å². The van der Waals surface area contributed by atoms with Gasteiger partial charge in [0, 0.05) is 16.7 Å². The number of nitrogens with zero attached hydrogens (tertiary/aromatic N) is 4. The summed E-state index contributed by atoms with van der Waals surface area (Å²) in [6.45, 7) is 0. The molecule has 0 bridgehead atoms. The Kier molecular flexibility index (Phi) is 5.54. The van der Waals surface area contributed by atoms with Crippen molar-refractivity contribution in [3.63, 3.8) is 0 Å². The maximum absolute atomic E-state index is 10.4. The molecule has 1 aromatic rings. The van der Waals surface area contributed by atoms with Crippen LogP contribution in [0, 0.1) is 10.1 Å². The minimum absolute atomic E-state index is 0.0400. The van der Waals surface area contributed by atoms with Gasteiger partial charge in [-0.2, -0.15) is 4.99 Å². The first-order chi connectivity index (χ1) is 9.38. The van der Waals surface area contributed by atoms with Crippen molar-refractivity contribution in [2.24, 2.45) is 21.0 Å². The summed E-state index contributed by atoms with van der Waals surface area (Å²) in [6, 6.07) is 6.02. The molecule has 1 heterocycles. The van der Waals surface area contributed by atoms with Crippen LogP contribution in [0.1, 0.15) is 5.56 Å². The predicted molar refractivity (Wildman–Crippen MR) is 69.6 cm³/mol. The summed E-state index contributed by atoms with van der Waals surface area (Å²) in [4.78, 5) is 28.0. The molecule has 0 unspecified atom stereocenters. The molecule has 0 saturated heterocycles. The van der Waals surface area contributed by atoms with Gasteiger partial charge in [0.25, 0.3) is 5.69 Å². The average molecular weight is 298 g/mol. The third-order valence-electron chi connectivity index (χ3n) is 1.88. The Labute approximate surface area is 113 Å². The largest absolute Gasteiger partial charge is 0.692 e. The quantitative estimate of drug-likeness (QED) is 0.423. The van der Waals surface area contributed by atoms with Crippen LogP contribution in [-0.2, 0) is 4.57 Å². The van der Waals surface area contributed by atoms with E-state index in [1.165, 1.54) is 12.1 Å². The van der Waals surface area contributed by atoms with Crippen LogP contribution < -0.4 is 5.73 Å². The van der Waals surface area contributed by atoms with Gasteiger partial charge in [0.15, 0.2) is 5.82 Å². The molecule has 0 atom stereocenters. The first kappa shape index (κ1) is 15.5. The molecule has 0 aliphatic carbocycles. The van der Waals surface area contributed by atoms with E-state index < -0.39 is 13.2 Å². The summed E-state index contributed by atoms with van der Waals surface area (Å²) in [7, 11) is -2.87. The molecule has 1 aromatic carbocycles. The topological polar surface area (TPSA) is 164 Å². The molecule has 0 radical (unpaired) electrons. The van der Waals surface area contributed by atoms with E-state index in [2.05, 4.69) is 15.2 Å². The lowest BCUT2D eigenvalue weighted by atomic mass is 10.2. The van der Waals surface area contributed by atoms with Crippen LogP contribution in [0.2, 0.25) is 0 Å². The number of nitro benzene ring substituents is 1. The van der Waals surface area contributed by atoms with Crippen LogP contribution in [0.25, 0.3) is 6.08 Å². The fraction of sp³-hybridized carbons (Fsp3) is 0. The van der Waals surface area contributed by atoms with Crippen molar-refractivity contribution in [3.8, 4) is 0 Å². The van der Waals surface area contributed by atoms with Crippen LogP contribution in [-0.4, -0.2) is 20.7 Å². The van der Waals surface area contributed by atoms with Crippen molar-refractivity contribution in [3.05, 3.63) is 45.8 Å². The highest BCUT2D eigenvalue weighted by Crippen LogP contribution is 2.16. The van der Waals surface area contributed by atoms with Gasteiger partial charge >= 0.3 is 8.25 Å². The van der Waals surface area contributed by atoms with Crippen molar-refractivity contribution in [2.45, 2.75) is 0 Å². The van der Waals surface area contributed by atoms with E-state index in [0.29, 0.717) is 5.82 Å². The highest BCUT2D eigenvalue weighted by molar-refractivity contribution is 7.30. The number of non-ortho nitro benzene ring substituents is 1. The Bertz CT molecular complexity index is 606. The van der Waals surface area contributed by atoms with Gasteiger partial charge in [0.1, 0.15) is 0 Å². The lowest BCUT2D eigenvalue weighted by molar-refractivity contribution is -0.384. The van der Waals surface area contributed by atoms with Crippen LogP contribution in [0.3, 0.4) is 0 Å². The van der Waals surface area contributed by atoms with E-state index in [-0.39, 0.29) is 11.6 Å². The summed E-state index contributed by atoms with van der Waals surface area (Å²) in [5.74, 6) is 0.486. The number of azo groups is 1. The van der Waals surface area contributed by atoms with Crippen molar-refractivity contribution in [1.29, 1.82) is 0 Å². The van der Waals surface area contributed by atoms with Crippen LogP contribution in [0.4, 0.5) is 5.69 Å². The smallest absolute Gasteiger partial charge is 0.366 e. The summed E-state index contributed by atoms with van der Waals surface area (Å²) >= 11 is 0. The lowest BCUT2D eigenvalue weighted by Gasteiger charge is -1.93. The van der Waals surface area contributed by atoms with E-state index in [0.717, 1.165) is 5.56 Å².